The number of fused-ring (bicyclic) bond motifs is 1. The molecular formula is C26H22N4O3. The fourth-order valence-corrected chi connectivity index (χ4v) is 4.23. The average Bonchev–Trinajstić information content (AvgIpc) is 3.51. The Labute approximate surface area is 191 Å². The second-order valence-electron chi connectivity index (χ2n) is 7.91. The van der Waals surface area contributed by atoms with E-state index in [0.717, 1.165) is 35.2 Å². The molecule has 2 amide bonds. The molecule has 7 heteroatoms. The van der Waals surface area contributed by atoms with Crippen molar-refractivity contribution < 1.29 is 13.9 Å². The summed E-state index contributed by atoms with van der Waals surface area (Å²) in [5, 5.41) is 11.8. The summed E-state index contributed by atoms with van der Waals surface area (Å²) in [6.45, 7) is 0.623. The SMILES string of the molecule is COc1ccccc1-c1ccc2oc([C@@H]3CCCN3C(=O)Nc3ccc(C#N)cc3)nc2c1. The molecular weight excluding hydrogens is 416 g/mol. The number of carbonyl (C=O) groups is 1. The van der Waals surface area contributed by atoms with Crippen molar-refractivity contribution in [3.63, 3.8) is 0 Å². The van der Waals surface area contributed by atoms with Gasteiger partial charge in [-0.3, -0.25) is 0 Å². The van der Waals surface area contributed by atoms with E-state index in [1.54, 1.807) is 36.3 Å². The Balaban J connectivity index is 1.39. The minimum absolute atomic E-state index is 0.209. The monoisotopic (exact) mass is 438 g/mol. The van der Waals surface area contributed by atoms with E-state index in [9.17, 15) is 4.79 Å². The van der Waals surface area contributed by atoms with Crippen LogP contribution in [0.2, 0.25) is 0 Å². The lowest BCUT2D eigenvalue weighted by Crippen LogP contribution is -2.34. The number of rotatable bonds is 4. The maximum absolute atomic E-state index is 12.9. The van der Waals surface area contributed by atoms with Crippen molar-refractivity contribution in [2.45, 2.75) is 18.9 Å². The summed E-state index contributed by atoms with van der Waals surface area (Å²) in [5.74, 6) is 1.33. The predicted octanol–water partition coefficient (Wildman–Crippen LogP) is 5.74. The molecule has 1 aliphatic heterocycles. The highest BCUT2D eigenvalue weighted by Gasteiger charge is 2.33. The van der Waals surface area contributed by atoms with Crippen LogP contribution in [0, 0.1) is 11.3 Å². The minimum atomic E-state index is -0.231. The van der Waals surface area contributed by atoms with E-state index in [0.29, 0.717) is 29.3 Å². The molecule has 5 rings (SSSR count). The third-order valence-electron chi connectivity index (χ3n) is 5.89. The van der Waals surface area contributed by atoms with Gasteiger partial charge in [0.25, 0.3) is 0 Å². The van der Waals surface area contributed by atoms with Crippen LogP contribution in [-0.4, -0.2) is 29.6 Å². The summed E-state index contributed by atoms with van der Waals surface area (Å²) in [5.41, 5.74) is 4.59. The molecule has 33 heavy (non-hydrogen) atoms. The number of nitrogens with zero attached hydrogens (tertiary/aromatic N) is 3. The number of methoxy groups -OCH3 is 1. The van der Waals surface area contributed by atoms with Crippen molar-refractivity contribution in [3.8, 4) is 22.9 Å². The lowest BCUT2D eigenvalue weighted by atomic mass is 10.0. The molecule has 4 aromatic rings. The molecule has 3 aromatic carbocycles. The molecule has 1 N–H and O–H groups in total. The van der Waals surface area contributed by atoms with Crippen molar-refractivity contribution in [1.29, 1.82) is 5.26 Å². The van der Waals surface area contributed by atoms with Crippen LogP contribution in [0.15, 0.2) is 71.1 Å². The maximum atomic E-state index is 12.9. The van der Waals surface area contributed by atoms with E-state index < -0.39 is 0 Å². The van der Waals surface area contributed by atoms with Crippen LogP contribution in [0.3, 0.4) is 0 Å². The Bertz CT molecular complexity index is 1350. The normalized spacial score (nSPS) is 15.4. The first-order valence-electron chi connectivity index (χ1n) is 10.8. The highest BCUT2D eigenvalue weighted by molar-refractivity contribution is 5.90. The number of hydrogen-bond donors (Lipinski definition) is 1. The average molecular weight is 438 g/mol. The smallest absolute Gasteiger partial charge is 0.322 e. The fourth-order valence-electron chi connectivity index (χ4n) is 4.23. The van der Waals surface area contributed by atoms with E-state index in [4.69, 9.17) is 19.4 Å². The topological polar surface area (TPSA) is 91.4 Å². The number of urea groups is 1. The largest absolute Gasteiger partial charge is 0.496 e. The first-order valence-corrected chi connectivity index (χ1v) is 10.8. The van der Waals surface area contributed by atoms with E-state index in [1.807, 2.05) is 42.5 Å². The molecule has 164 valence electrons. The highest BCUT2D eigenvalue weighted by atomic mass is 16.5. The van der Waals surface area contributed by atoms with Crippen LogP contribution in [-0.2, 0) is 0 Å². The molecule has 1 atom stereocenters. The molecule has 0 saturated carbocycles. The zero-order chi connectivity index (χ0) is 22.8. The van der Waals surface area contributed by atoms with Crippen LogP contribution in [0.5, 0.6) is 5.75 Å². The maximum Gasteiger partial charge on any atom is 0.322 e. The fraction of sp³-hybridized carbons (Fsp3) is 0.192. The minimum Gasteiger partial charge on any atom is -0.496 e. The number of oxazole rings is 1. The van der Waals surface area contributed by atoms with E-state index in [2.05, 4.69) is 11.4 Å². The van der Waals surface area contributed by atoms with Gasteiger partial charge in [-0.15, -0.1) is 0 Å². The van der Waals surface area contributed by atoms with Gasteiger partial charge in [0.15, 0.2) is 5.58 Å². The molecule has 1 aliphatic rings. The number of aromatic nitrogens is 1. The summed E-state index contributed by atoms with van der Waals surface area (Å²) in [6.07, 6.45) is 1.66. The van der Waals surface area contributed by atoms with Gasteiger partial charge in [-0.2, -0.15) is 5.26 Å². The highest BCUT2D eigenvalue weighted by Crippen LogP contribution is 2.36. The Kier molecular flexibility index (Phi) is 5.41. The summed E-state index contributed by atoms with van der Waals surface area (Å²) >= 11 is 0. The third-order valence-corrected chi connectivity index (χ3v) is 5.89. The standard InChI is InChI=1S/C26H22N4O3/c1-32-23-7-3-2-5-20(23)18-10-13-24-21(15-18)29-25(33-24)22-6-4-14-30(22)26(31)28-19-11-8-17(16-27)9-12-19/h2-3,5,7-13,15,22H,4,6,14H2,1H3,(H,28,31)/t22-/m0/s1. The van der Waals surface area contributed by atoms with Gasteiger partial charge in [0.1, 0.15) is 17.3 Å². The number of anilines is 1. The summed E-state index contributed by atoms with van der Waals surface area (Å²) < 4.78 is 11.5. The molecule has 1 aromatic heterocycles. The number of para-hydroxylation sites is 1. The van der Waals surface area contributed by atoms with Crippen molar-refractivity contribution in [1.82, 2.24) is 9.88 Å². The number of amides is 2. The first kappa shape index (κ1) is 20.6. The molecule has 0 radical (unpaired) electrons. The Morgan fingerprint density at radius 2 is 2.00 bits per heavy atom. The molecule has 0 bridgehead atoms. The van der Waals surface area contributed by atoms with Crippen molar-refractivity contribution >= 4 is 22.8 Å². The van der Waals surface area contributed by atoms with Gasteiger partial charge in [0, 0.05) is 17.8 Å². The summed E-state index contributed by atoms with van der Waals surface area (Å²) in [6, 6.07) is 22.2. The van der Waals surface area contributed by atoms with Crippen molar-refractivity contribution in [2.75, 3.05) is 19.0 Å². The molecule has 0 aliphatic carbocycles. The number of ether oxygens (including phenoxy) is 1. The number of likely N-dealkylation sites (tertiary alicyclic amines) is 1. The van der Waals surface area contributed by atoms with Crippen LogP contribution in [0.1, 0.15) is 30.3 Å². The predicted molar refractivity (Wildman–Crippen MR) is 125 cm³/mol. The summed E-state index contributed by atoms with van der Waals surface area (Å²) in [7, 11) is 1.66. The molecule has 0 unspecified atom stereocenters. The molecule has 1 fully saturated rings. The summed E-state index contributed by atoms with van der Waals surface area (Å²) in [4.78, 5) is 19.4. The number of carbonyl (C=O) groups excluding carboxylic acids is 1. The van der Waals surface area contributed by atoms with Gasteiger partial charge < -0.3 is 19.4 Å². The number of nitriles is 1. The zero-order valence-electron chi connectivity index (χ0n) is 18.1. The molecule has 0 spiro atoms. The van der Waals surface area contributed by atoms with Gasteiger partial charge in [0.2, 0.25) is 5.89 Å². The van der Waals surface area contributed by atoms with Crippen molar-refractivity contribution in [2.24, 2.45) is 0 Å². The van der Waals surface area contributed by atoms with E-state index in [-0.39, 0.29) is 12.1 Å². The lowest BCUT2D eigenvalue weighted by molar-refractivity contribution is 0.199. The van der Waals surface area contributed by atoms with E-state index in [1.165, 1.54) is 0 Å². The molecule has 7 nitrogen and oxygen atoms in total. The quantitative estimate of drug-likeness (QED) is 0.438. The van der Waals surface area contributed by atoms with Gasteiger partial charge in [0.05, 0.1) is 18.7 Å². The van der Waals surface area contributed by atoms with E-state index >= 15 is 0 Å². The van der Waals surface area contributed by atoms with Crippen LogP contribution >= 0.6 is 0 Å². The van der Waals surface area contributed by atoms with Crippen molar-refractivity contribution in [3.05, 3.63) is 78.2 Å². The Hall–Kier alpha value is -4.31. The number of benzene rings is 3. The zero-order valence-corrected chi connectivity index (χ0v) is 18.1. The third kappa shape index (κ3) is 3.99. The number of nitrogens with one attached hydrogen (secondary N) is 1. The molecule has 2 heterocycles. The van der Waals surface area contributed by atoms with Gasteiger partial charge >= 0.3 is 6.03 Å². The Morgan fingerprint density at radius 1 is 1.18 bits per heavy atom. The van der Waals surface area contributed by atoms with Crippen LogP contribution < -0.4 is 10.1 Å². The van der Waals surface area contributed by atoms with Crippen LogP contribution in [0.4, 0.5) is 10.5 Å². The lowest BCUT2D eigenvalue weighted by Gasteiger charge is -2.22. The first-order chi connectivity index (χ1) is 16.2. The Morgan fingerprint density at radius 3 is 2.79 bits per heavy atom. The van der Waals surface area contributed by atoms with Gasteiger partial charge in [-0.25, -0.2) is 9.78 Å². The number of hydrogen-bond acceptors (Lipinski definition) is 5. The molecule has 1 saturated heterocycles. The van der Waals surface area contributed by atoms with Gasteiger partial charge in [-0.1, -0.05) is 24.3 Å². The van der Waals surface area contributed by atoms with Gasteiger partial charge in [-0.05, 0) is 60.9 Å². The second-order valence-corrected chi connectivity index (χ2v) is 7.91. The van der Waals surface area contributed by atoms with Crippen LogP contribution in [0.25, 0.3) is 22.2 Å². The second kappa shape index (κ2) is 8.67.